The fourth-order valence-electron chi connectivity index (χ4n) is 2.57. The first-order valence-electron chi connectivity index (χ1n) is 5.48. The topological polar surface area (TPSA) is 46.2 Å². The monoisotopic (exact) mass is 201 g/mol. The third kappa shape index (κ3) is 1.18. The van der Waals surface area contributed by atoms with Gasteiger partial charge in [-0.05, 0) is 29.5 Å². The fourth-order valence-corrected chi connectivity index (χ4v) is 2.57. The van der Waals surface area contributed by atoms with E-state index in [0.717, 1.165) is 5.57 Å². The normalized spacial score (nSPS) is 22.4. The average molecular weight is 201 g/mol. The van der Waals surface area contributed by atoms with Crippen LogP contribution in [0, 0.1) is 0 Å². The number of allylic oxidation sites excluding steroid dienone is 1. The van der Waals surface area contributed by atoms with Crippen LogP contribution in [0.3, 0.4) is 0 Å². The van der Waals surface area contributed by atoms with E-state index in [4.69, 9.17) is 5.73 Å². The van der Waals surface area contributed by atoms with E-state index in [1.165, 1.54) is 24.0 Å². The number of aliphatic hydroxyl groups excluding tert-OH is 1. The Morgan fingerprint density at radius 1 is 1.33 bits per heavy atom. The number of fused-ring (bicyclic) bond motifs is 2. The summed E-state index contributed by atoms with van der Waals surface area (Å²) in [5.74, 6) is 0. The number of rotatable bonds is 2. The van der Waals surface area contributed by atoms with E-state index in [9.17, 15) is 5.11 Å². The summed E-state index contributed by atoms with van der Waals surface area (Å²) in [7, 11) is 0. The molecular weight excluding hydrogens is 186 g/mol. The molecule has 0 aliphatic heterocycles. The average Bonchev–Trinajstić information content (AvgIpc) is 2.98. The van der Waals surface area contributed by atoms with Gasteiger partial charge in [-0.25, -0.2) is 0 Å². The standard InChI is InChI=1S/C13H15NO/c14-8-12(15)10-7-13(5-6-13)11-4-2-1-3-9(10)11/h1-4,7,12,15H,5-6,8,14H2/t12-/m1/s1. The van der Waals surface area contributed by atoms with Gasteiger partial charge in [-0.2, -0.15) is 0 Å². The number of hydrogen-bond donors (Lipinski definition) is 2. The molecule has 1 fully saturated rings. The minimum Gasteiger partial charge on any atom is -0.387 e. The van der Waals surface area contributed by atoms with E-state index in [1.807, 2.05) is 6.07 Å². The number of nitrogens with two attached hydrogens (primary N) is 1. The highest BCUT2D eigenvalue weighted by Crippen LogP contribution is 2.57. The van der Waals surface area contributed by atoms with E-state index < -0.39 is 6.10 Å². The lowest BCUT2D eigenvalue weighted by Crippen LogP contribution is -2.20. The molecule has 2 nitrogen and oxygen atoms in total. The Morgan fingerprint density at radius 3 is 2.73 bits per heavy atom. The zero-order valence-electron chi connectivity index (χ0n) is 8.61. The second kappa shape index (κ2) is 2.94. The van der Waals surface area contributed by atoms with Crippen molar-refractivity contribution in [3.8, 4) is 0 Å². The highest BCUT2D eigenvalue weighted by atomic mass is 16.3. The highest BCUT2D eigenvalue weighted by Gasteiger charge is 2.48. The van der Waals surface area contributed by atoms with Crippen molar-refractivity contribution in [2.75, 3.05) is 6.54 Å². The van der Waals surface area contributed by atoms with Gasteiger partial charge in [0.05, 0.1) is 6.10 Å². The molecule has 0 amide bonds. The van der Waals surface area contributed by atoms with Gasteiger partial charge in [0, 0.05) is 12.0 Å². The van der Waals surface area contributed by atoms with Gasteiger partial charge in [-0.1, -0.05) is 30.3 Å². The van der Waals surface area contributed by atoms with E-state index in [0.29, 0.717) is 6.54 Å². The lowest BCUT2D eigenvalue weighted by Gasteiger charge is -2.10. The number of benzene rings is 1. The summed E-state index contributed by atoms with van der Waals surface area (Å²) in [5, 5.41) is 9.87. The molecule has 1 aromatic rings. The molecule has 0 bridgehead atoms. The van der Waals surface area contributed by atoms with Gasteiger partial charge >= 0.3 is 0 Å². The van der Waals surface area contributed by atoms with Gasteiger partial charge in [0.2, 0.25) is 0 Å². The third-order valence-corrected chi connectivity index (χ3v) is 3.58. The van der Waals surface area contributed by atoms with Crippen LogP contribution in [0.4, 0.5) is 0 Å². The predicted octanol–water partition coefficient (Wildman–Crippen LogP) is 1.43. The molecule has 1 aromatic carbocycles. The maximum Gasteiger partial charge on any atom is 0.0915 e. The first kappa shape index (κ1) is 9.13. The summed E-state index contributed by atoms with van der Waals surface area (Å²) < 4.78 is 0. The molecular formula is C13H15NO. The minimum absolute atomic E-state index is 0.252. The van der Waals surface area contributed by atoms with Crippen molar-refractivity contribution < 1.29 is 5.11 Å². The van der Waals surface area contributed by atoms with E-state index in [1.54, 1.807) is 0 Å². The lowest BCUT2D eigenvalue weighted by molar-refractivity contribution is 0.241. The molecule has 1 atom stereocenters. The van der Waals surface area contributed by atoms with Crippen molar-refractivity contribution in [3.05, 3.63) is 41.5 Å². The van der Waals surface area contributed by atoms with Gasteiger partial charge in [0.25, 0.3) is 0 Å². The van der Waals surface area contributed by atoms with Gasteiger partial charge in [-0.3, -0.25) is 0 Å². The zero-order chi connectivity index (χ0) is 10.5. The number of hydrogen-bond acceptors (Lipinski definition) is 2. The van der Waals surface area contributed by atoms with Crippen LogP contribution in [-0.2, 0) is 5.41 Å². The molecule has 0 saturated heterocycles. The summed E-state index contributed by atoms with van der Waals surface area (Å²) in [6, 6.07) is 8.37. The van der Waals surface area contributed by atoms with Gasteiger partial charge in [0.15, 0.2) is 0 Å². The van der Waals surface area contributed by atoms with Crippen molar-refractivity contribution in [1.82, 2.24) is 0 Å². The maximum atomic E-state index is 9.87. The number of aliphatic hydroxyl groups is 1. The van der Waals surface area contributed by atoms with Gasteiger partial charge in [0.1, 0.15) is 0 Å². The van der Waals surface area contributed by atoms with Crippen molar-refractivity contribution in [2.24, 2.45) is 5.73 Å². The molecule has 1 saturated carbocycles. The van der Waals surface area contributed by atoms with Crippen LogP contribution in [0.1, 0.15) is 24.0 Å². The summed E-state index contributed by atoms with van der Waals surface area (Å²) in [5.41, 5.74) is 9.40. The zero-order valence-corrected chi connectivity index (χ0v) is 8.61. The van der Waals surface area contributed by atoms with Crippen LogP contribution in [0.15, 0.2) is 30.3 Å². The first-order valence-corrected chi connectivity index (χ1v) is 5.48. The first-order chi connectivity index (χ1) is 7.27. The largest absolute Gasteiger partial charge is 0.387 e. The Labute approximate surface area is 89.4 Å². The molecule has 0 aromatic heterocycles. The highest BCUT2D eigenvalue weighted by molar-refractivity contribution is 5.80. The van der Waals surface area contributed by atoms with Gasteiger partial charge in [-0.15, -0.1) is 0 Å². The lowest BCUT2D eigenvalue weighted by atomic mass is 9.97. The Hall–Kier alpha value is -1.12. The molecule has 1 spiro atoms. The fraction of sp³-hybridized carbons (Fsp3) is 0.385. The second-order valence-electron chi connectivity index (χ2n) is 4.55. The van der Waals surface area contributed by atoms with E-state index in [-0.39, 0.29) is 5.41 Å². The molecule has 3 rings (SSSR count). The maximum absolute atomic E-state index is 9.87. The quantitative estimate of drug-likeness (QED) is 0.760. The van der Waals surface area contributed by atoms with E-state index >= 15 is 0 Å². The van der Waals surface area contributed by atoms with Crippen LogP contribution in [-0.4, -0.2) is 17.8 Å². The predicted molar refractivity (Wildman–Crippen MR) is 60.4 cm³/mol. The van der Waals surface area contributed by atoms with Crippen molar-refractivity contribution in [2.45, 2.75) is 24.4 Å². The Bertz CT molecular complexity index is 432. The molecule has 2 aliphatic rings. The minimum atomic E-state index is -0.508. The van der Waals surface area contributed by atoms with E-state index in [2.05, 4.69) is 24.3 Å². The molecule has 2 aliphatic carbocycles. The molecule has 0 radical (unpaired) electrons. The SMILES string of the molecule is NC[C@@H](O)C1=CC2(CC2)c2ccccc21. The van der Waals surface area contributed by atoms with Crippen LogP contribution < -0.4 is 5.73 Å². The molecule has 0 heterocycles. The van der Waals surface area contributed by atoms with Crippen LogP contribution >= 0.6 is 0 Å². The summed E-state index contributed by atoms with van der Waals surface area (Å²) in [6.45, 7) is 0.302. The molecule has 3 N–H and O–H groups in total. The molecule has 78 valence electrons. The summed E-state index contributed by atoms with van der Waals surface area (Å²) in [6.07, 6.45) is 4.15. The Kier molecular flexibility index (Phi) is 1.79. The van der Waals surface area contributed by atoms with Crippen LogP contribution in [0.25, 0.3) is 5.57 Å². The van der Waals surface area contributed by atoms with Crippen LogP contribution in [0.2, 0.25) is 0 Å². The smallest absolute Gasteiger partial charge is 0.0915 e. The Balaban J connectivity index is 2.12. The summed E-state index contributed by atoms with van der Waals surface area (Å²) >= 11 is 0. The molecule has 2 heteroatoms. The van der Waals surface area contributed by atoms with Gasteiger partial charge < -0.3 is 10.8 Å². The van der Waals surface area contributed by atoms with Crippen molar-refractivity contribution in [1.29, 1.82) is 0 Å². The summed E-state index contributed by atoms with van der Waals surface area (Å²) in [4.78, 5) is 0. The Morgan fingerprint density at radius 2 is 2.07 bits per heavy atom. The molecule has 15 heavy (non-hydrogen) atoms. The van der Waals surface area contributed by atoms with Crippen LogP contribution in [0.5, 0.6) is 0 Å². The molecule has 0 unspecified atom stereocenters. The second-order valence-corrected chi connectivity index (χ2v) is 4.55. The third-order valence-electron chi connectivity index (χ3n) is 3.58. The van der Waals surface area contributed by atoms with Crippen molar-refractivity contribution >= 4 is 5.57 Å². The van der Waals surface area contributed by atoms with Crippen molar-refractivity contribution in [3.63, 3.8) is 0 Å².